The molecule has 0 fully saturated rings. The van der Waals surface area contributed by atoms with Crippen LogP contribution < -0.4 is 25.0 Å². The molecule has 0 spiro atoms. The molecule has 0 saturated carbocycles. The molecule has 31 heavy (non-hydrogen) atoms. The minimum Gasteiger partial charge on any atom is -0.493 e. The Balaban J connectivity index is 1.61. The van der Waals surface area contributed by atoms with Gasteiger partial charge >= 0.3 is 11.8 Å². The average Bonchev–Trinajstić information content (AvgIpc) is 3.27. The van der Waals surface area contributed by atoms with Gasteiger partial charge in [-0.25, -0.2) is 5.43 Å². The van der Waals surface area contributed by atoms with Gasteiger partial charge in [0.25, 0.3) is 0 Å². The van der Waals surface area contributed by atoms with E-state index in [9.17, 15) is 9.59 Å². The van der Waals surface area contributed by atoms with Crippen LogP contribution in [-0.2, 0) is 9.59 Å². The zero-order valence-corrected chi connectivity index (χ0v) is 17.7. The van der Waals surface area contributed by atoms with Gasteiger partial charge in [-0.2, -0.15) is 5.10 Å². The third-order valence-electron chi connectivity index (χ3n) is 3.94. The Kier molecular flexibility index (Phi) is 7.12. The molecule has 2 aromatic carbocycles. The van der Waals surface area contributed by atoms with E-state index in [1.54, 1.807) is 12.1 Å². The third-order valence-corrected chi connectivity index (χ3v) is 4.83. The van der Waals surface area contributed by atoms with E-state index in [0.29, 0.717) is 27.8 Å². The summed E-state index contributed by atoms with van der Waals surface area (Å²) < 4.78 is 15.8. The van der Waals surface area contributed by atoms with Gasteiger partial charge in [-0.1, -0.05) is 41.7 Å². The number of amides is 2. The highest BCUT2D eigenvalue weighted by Gasteiger charge is 2.16. The van der Waals surface area contributed by atoms with Crippen molar-refractivity contribution in [2.75, 3.05) is 26.6 Å². The molecule has 11 heteroatoms. The Labute approximate surface area is 181 Å². The smallest absolute Gasteiger partial charge is 0.329 e. The first-order chi connectivity index (χ1) is 15.0. The molecule has 160 valence electrons. The number of anilines is 1. The molecular weight excluding hydrogens is 422 g/mol. The molecule has 0 aliphatic carbocycles. The van der Waals surface area contributed by atoms with Crippen molar-refractivity contribution in [1.82, 2.24) is 15.6 Å². The Hall–Kier alpha value is -3.99. The summed E-state index contributed by atoms with van der Waals surface area (Å²) >= 11 is 1.15. The number of methoxy groups -OCH3 is 3. The van der Waals surface area contributed by atoms with Crippen LogP contribution in [0.3, 0.4) is 0 Å². The lowest BCUT2D eigenvalue weighted by atomic mass is 10.2. The molecule has 2 N–H and O–H groups in total. The number of nitrogens with one attached hydrogen (secondary N) is 2. The highest BCUT2D eigenvalue weighted by molar-refractivity contribution is 7.18. The lowest BCUT2D eigenvalue weighted by Gasteiger charge is -2.12. The maximum atomic E-state index is 12.1. The van der Waals surface area contributed by atoms with Crippen molar-refractivity contribution in [3.05, 3.63) is 48.0 Å². The summed E-state index contributed by atoms with van der Waals surface area (Å²) in [6.45, 7) is 0. The summed E-state index contributed by atoms with van der Waals surface area (Å²) in [6, 6.07) is 12.7. The fourth-order valence-electron chi connectivity index (χ4n) is 2.52. The molecule has 1 aromatic heterocycles. The molecule has 0 unspecified atom stereocenters. The van der Waals surface area contributed by atoms with Crippen molar-refractivity contribution in [2.24, 2.45) is 5.10 Å². The number of hydrogen-bond donors (Lipinski definition) is 2. The first-order valence-electron chi connectivity index (χ1n) is 8.89. The van der Waals surface area contributed by atoms with E-state index in [2.05, 4.69) is 26.0 Å². The molecule has 3 aromatic rings. The lowest BCUT2D eigenvalue weighted by Crippen LogP contribution is -2.32. The highest BCUT2D eigenvalue weighted by Crippen LogP contribution is 2.37. The predicted octanol–water partition coefficient (Wildman–Crippen LogP) is 2.32. The fraction of sp³-hybridized carbons (Fsp3) is 0.150. The lowest BCUT2D eigenvalue weighted by molar-refractivity contribution is -0.136. The van der Waals surface area contributed by atoms with Gasteiger partial charge in [0.2, 0.25) is 10.9 Å². The van der Waals surface area contributed by atoms with Gasteiger partial charge in [0.15, 0.2) is 11.5 Å². The highest BCUT2D eigenvalue weighted by atomic mass is 32.1. The van der Waals surface area contributed by atoms with E-state index < -0.39 is 11.8 Å². The Bertz CT molecular complexity index is 1080. The molecule has 0 aliphatic heterocycles. The van der Waals surface area contributed by atoms with Gasteiger partial charge in [-0.05, 0) is 12.1 Å². The van der Waals surface area contributed by atoms with Crippen LogP contribution in [0.2, 0.25) is 0 Å². The summed E-state index contributed by atoms with van der Waals surface area (Å²) in [5, 5.41) is 14.9. The standard InChI is InChI=1S/C20H19N5O5S/c1-28-14-9-12(10-15(29-2)16(14)30-3)11-21-23-18(27)17(26)22-20-25-24-19(31-20)13-7-5-4-6-8-13/h4-11H,1-3H3,(H,23,27)(H,22,25,26). The van der Waals surface area contributed by atoms with Crippen molar-refractivity contribution in [3.63, 3.8) is 0 Å². The minimum atomic E-state index is -0.958. The maximum absolute atomic E-state index is 12.1. The Morgan fingerprint density at radius 3 is 2.26 bits per heavy atom. The molecule has 0 saturated heterocycles. The second kappa shape index (κ2) is 10.2. The minimum absolute atomic E-state index is 0.201. The molecule has 2 amide bonds. The van der Waals surface area contributed by atoms with E-state index >= 15 is 0 Å². The third kappa shape index (κ3) is 5.34. The molecular formula is C20H19N5O5S. The van der Waals surface area contributed by atoms with Crippen LogP contribution >= 0.6 is 11.3 Å². The van der Waals surface area contributed by atoms with Gasteiger partial charge in [0, 0.05) is 11.1 Å². The van der Waals surface area contributed by atoms with Crippen molar-refractivity contribution >= 4 is 34.5 Å². The van der Waals surface area contributed by atoms with Gasteiger partial charge in [0.05, 0.1) is 27.5 Å². The number of carbonyl (C=O) groups is 2. The van der Waals surface area contributed by atoms with Gasteiger partial charge in [-0.15, -0.1) is 10.2 Å². The summed E-state index contributed by atoms with van der Waals surface area (Å²) in [7, 11) is 4.47. The molecule has 0 radical (unpaired) electrons. The molecule has 1 heterocycles. The quantitative estimate of drug-likeness (QED) is 0.328. The van der Waals surface area contributed by atoms with Crippen molar-refractivity contribution < 1.29 is 23.8 Å². The largest absolute Gasteiger partial charge is 0.493 e. The Morgan fingerprint density at radius 2 is 1.65 bits per heavy atom. The van der Waals surface area contributed by atoms with Gasteiger partial charge < -0.3 is 14.2 Å². The predicted molar refractivity (Wildman–Crippen MR) is 116 cm³/mol. The van der Waals surface area contributed by atoms with Crippen molar-refractivity contribution in [3.8, 4) is 27.8 Å². The zero-order valence-electron chi connectivity index (χ0n) is 16.9. The van der Waals surface area contributed by atoms with E-state index in [1.807, 2.05) is 30.3 Å². The average molecular weight is 441 g/mol. The molecule has 0 aliphatic rings. The summed E-state index contributed by atoms with van der Waals surface area (Å²) in [6.07, 6.45) is 1.34. The number of carbonyl (C=O) groups excluding carboxylic acids is 2. The number of ether oxygens (including phenoxy) is 3. The number of benzene rings is 2. The van der Waals surface area contributed by atoms with E-state index in [0.717, 1.165) is 16.9 Å². The van der Waals surface area contributed by atoms with Crippen LogP contribution in [0.15, 0.2) is 47.6 Å². The molecule has 10 nitrogen and oxygen atoms in total. The first kappa shape index (κ1) is 21.7. The maximum Gasteiger partial charge on any atom is 0.329 e. The Morgan fingerprint density at radius 1 is 0.968 bits per heavy atom. The van der Waals surface area contributed by atoms with E-state index in [4.69, 9.17) is 14.2 Å². The van der Waals surface area contributed by atoms with E-state index in [-0.39, 0.29) is 5.13 Å². The van der Waals surface area contributed by atoms with Crippen LogP contribution in [0.25, 0.3) is 10.6 Å². The monoisotopic (exact) mass is 441 g/mol. The topological polar surface area (TPSA) is 124 Å². The van der Waals surface area contributed by atoms with Crippen molar-refractivity contribution in [2.45, 2.75) is 0 Å². The second-order valence-electron chi connectivity index (χ2n) is 5.89. The van der Waals surface area contributed by atoms with Crippen LogP contribution in [0.1, 0.15) is 5.56 Å². The second-order valence-corrected chi connectivity index (χ2v) is 6.87. The van der Waals surface area contributed by atoms with Crippen LogP contribution in [-0.4, -0.2) is 49.6 Å². The number of rotatable bonds is 7. The molecule has 0 bridgehead atoms. The SMILES string of the molecule is COc1cc(C=NNC(=O)C(=O)Nc2nnc(-c3ccccc3)s2)cc(OC)c1OC. The fourth-order valence-corrected chi connectivity index (χ4v) is 3.26. The van der Waals surface area contributed by atoms with Crippen molar-refractivity contribution in [1.29, 1.82) is 0 Å². The van der Waals surface area contributed by atoms with E-state index in [1.165, 1.54) is 27.5 Å². The number of hydrazone groups is 1. The summed E-state index contributed by atoms with van der Waals surface area (Å²) in [5.74, 6) is -0.592. The summed E-state index contributed by atoms with van der Waals surface area (Å²) in [5.41, 5.74) is 3.58. The normalized spacial score (nSPS) is 10.5. The van der Waals surface area contributed by atoms with Gasteiger partial charge in [-0.3, -0.25) is 14.9 Å². The van der Waals surface area contributed by atoms with Crippen LogP contribution in [0.4, 0.5) is 5.13 Å². The summed E-state index contributed by atoms with van der Waals surface area (Å²) in [4.78, 5) is 24.1. The zero-order chi connectivity index (χ0) is 22.2. The number of aromatic nitrogens is 2. The molecule has 0 atom stereocenters. The molecule has 3 rings (SSSR count). The number of nitrogens with zero attached hydrogens (tertiary/aromatic N) is 3. The van der Waals surface area contributed by atoms with Gasteiger partial charge in [0.1, 0.15) is 5.01 Å². The number of hydrogen-bond acceptors (Lipinski definition) is 9. The van der Waals surface area contributed by atoms with Crippen LogP contribution in [0, 0.1) is 0 Å². The first-order valence-corrected chi connectivity index (χ1v) is 9.70. The van der Waals surface area contributed by atoms with Crippen LogP contribution in [0.5, 0.6) is 17.2 Å².